The lowest BCUT2D eigenvalue weighted by atomic mass is 10.1. The van der Waals surface area contributed by atoms with Crippen molar-refractivity contribution in [2.24, 2.45) is 0 Å². The molecule has 4 nitrogen and oxygen atoms in total. The van der Waals surface area contributed by atoms with Crippen LogP contribution in [-0.2, 0) is 0 Å². The van der Waals surface area contributed by atoms with Crippen LogP contribution in [-0.4, -0.2) is 16.7 Å². The molecule has 0 atom stereocenters. The number of benzene rings is 1. The average Bonchev–Trinajstić information content (AvgIpc) is 2.63. The Morgan fingerprint density at radius 3 is 2.14 bits per heavy atom. The van der Waals surface area contributed by atoms with Crippen LogP contribution in [0.15, 0.2) is 18.2 Å². The number of aromatic amines is 1. The third-order valence-corrected chi connectivity index (χ3v) is 3.14. The van der Waals surface area contributed by atoms with E-state index in [0.29, 0.717) is 22.9 Å². The van der Waals surface area contributed by atoms with Crippen molar-refractivity contribution in [3.8, 4) is 0 Å². The van der Waals surface area contributed by atoms with E-state index >= 15 is 0 Å². The number of carbonyl (C=O) groups excluding carboxylic acids is 2. The first kappa shape index (κ1) is 14.9. The molecule has 21 heavy (non-hydrogen) atoms. The van der Waals surface area contributed by atoms with Crippen molar-refractivity contribution in [3.63, 3.8) is 0 Å². The van der Waals surface area contributed by atoms with E-state index in [2.05, 4.69) is 10.3 Å². The zero-order valence-electron chi connectivity index (χ0n) is 11.8. The van der Waals surface area contributed by atoms with E-state index in [1.165, 1.54) is 6.92 Å². The molecule has 0 unspecified atom stereocenters. The Bertz CT molecular complexity index is 715. The van der Waals surface area contributed by atoms with Gasteiger partial charge in [0.15, 0.2) is 5.78 Å². The van der Waals surface area contributed by atoms with E-state index in [1.807, 2.05) is 0 Å². The summed E-state index contributed by atoms with van der Waals surface area (Å²) in [7, 11) is 0. The minimum absolute atomic E-state index is 0.00790. The Balaban J connectivity index is 2.33. The SMILES string of the molecule is CC(=O)c1c(C)[nH]c(C(=O)Nc2cc(F)cc(F)c2)c1C. The summed E-state index contributed by atoms with van der Waals surface area (Å²) in [5.74, 6) is -2.28. The van der Waals surface area contributed by atoms with Crippen LogP contribution in [0.1, 0.15) is 39.0 Å². The van der Waals surface area contributed by atoms with Crippen LogP contribution in [0, 0.1) is 25.5 Å². The lowest BCUT2D eigenvalue weighted by molar-refractivity contribution is 0.101. The smallest absolute Gasteiger partial charge is 0.272 e. The summed E-state index contributed by atoms with van der Waals surface area (Å²) >= 11 is 0. The van der Waals surface area contributed by atoms with Gasteiger partial charge in [0.2, 0.25) is 0 Å². The fraction of sp³-hybridized carbons (Fsp3) is 0.200. The molecule has 0 saturated heterocycles. The Kier molecular flexibility index (Phi) is 3.88. The molecule has 1 aromatic carbocycles. The Morgan fingerprint density at radius 1 is 1.10 bits per heavy atom. The number of amides is 1. The maximum Gasteiger partial charge on any atom is 0.272 e. The van der Waals surface area contributed by atoms with Gasteiger partial charge < -0.3 is 10.3 Å². The second kappa shape index (κ2) is 5.47. The molecule has 0 fully saturated rings. The Labute approximate surface area is 120 Å². The molecule has 0 aliphatic carbocycles. The number of hydrogen-bond donors (Lipinski definition) is 2. The first-order chi connectivity index (χ1) is 9.79. The molecule has 0 bridgehead atoms. The van der Waals surface area contributed by atoms with E-state index < -0.39 is 17.5 Å². The molecule has 0 radical (unpaired) electrons. The fourth-order valence-corrected chi connectivity index (χ4v) is 2.32. The summed E-state index contributed by atoms with van der Waals surface area (Å²) < 4.78 is 26.2. The van der Waals surface area contributed by atoms with E-state index in [4.69, 9.17) is 0 Å². The highest BCUT2D eigenvalue weighted by molar-refractivity contribution is 6.07. The summed E-state index contributed by atoms with van der Waals surface area (Å²) in [5.41, 5.74) is 1.74. The number of aromatic nitrogens is 1. The first-order valence-electron chi connectivity index (χ1n) is 6.27. The molecule has 0 saturated carbocycles. The molecule has 0 aliphatic rings. The van der Waals surface area contributed by atoms with Crippen molar-refractivity contribution >= 4 is 17.4 Å². The molecular weight excluding hydrogens is 278 g/mol. The van der Waals surface area contributed by atoms with Crippen LogP contribution in [0.3, 0.4) is 0 Å². The molecule has 1 amide bonds. The molecule has 110 valence electrons. The van der Waals surface area contributed by atoms with E-state index in [-0.39, 0.29) is 17.2 Å². The predicted molar refractivity (Wildman–Crippen MR) is 74.6 cm³/mol. The Hall–Kier alpha value is -2.50. The molecule has 2 rings (SSSR count). The van der Waals surface area contributed by atoms with E-state index in [0.717, 1.165) is 12.1 Å². The molecular formula is C15H14F2N2O2. The van der Waals surface area contributed by atoms with Crippen LogP contribution in [0.25, 0.3) is 0 Å². The highest BCUT2D eigenvalue weighted by Gasteiger charge is 2.20. The Morgan fingerprint density at radius 2 is 1.67 bits per heavy atom. The van der Waals surface area contributed by atoms with Gasteiger partial charge in [-0.25, -0.2) is 8.78 Å². The number of ketones is 1. The topological polar surface area (TPSA) is 62.0 Å². The number of hydrogen-bond acceptors (Lipinski definition) is 2. The monoisotopic (exact) mass is 292 g/mol. The van der Waals surface area contributed by atoms with Crippen molar-refractivity contribution < 1.29 is 18.4 Å². The standard InChI is InChI=1S/C15H14F2N2O2/c1-7-13(9(3)20)8(2)18-14(7)15(21)19-12-5-10(16)4-11(17)6-12/h4-6,18H,1-3H3,(H,19,21). The van der Waals surface area contributed by atoms with Crippen LogP contribution in [0.5, 0.6) is 0 Å². The van der Waals surface area contributed by atoms with Crippen molar-refractivity contribution in [2.45, 2.75) is 20.8 Å². The number of anilines is 1. The molecule has 1 heterocycles. The lowest BCUT2D eigenvalue weighted by Gasteiger charge is -2.05. The molecule has 2 N–H and O–H groups in total. The highest BCUT2D eigenvalue weighted by Crippen LogP contribution is 2.20. The second-order valence-electron chi connectivity index (χ2n) is 4.79. The highest BCUT2D eigenvalue weighted by atomic mass is 19.1. The van der Waals surface area contributed by atoms with Gasteiger partial charge in [0.1, 0.15) is 17.3 Å². The van der Waals surface area contributed by atoms with Crippen molar-refractivity contribution in [2.75, 3.05) is 5.32 Å². The van der Waals surface area contributed by atoms with Crippen LogP contribution >= 0.6 is 0 Å². The van der Waals surface area contributed by atoms with Gasteiger partial charge in [-0.2, -0.15) is 0 Å². The van der Waals surface area contributed by atoms with Gasteiger partial charge >= 0.3 is 0 Å². The number of aryl methyl sites for hydroxylation is 1. The molecule has 6 heteroatoms. The van der Waals surface area contributed by atoms with Crippen LogP contribution in [0.2, 0.25) is 0 Å². The van der Waals surface area contributed by atoms with Crippen molar-refractivity contribution in [1.82, 2.24) is 4.98 Å². The van der Waals surface area contributed by atoms with Gasteiger partial charge in [0, 0.05) is 23.0 Å². The van der Waals surface area contributed by atoms with Crippen LogP contribution in [0.4, 0.5) is 14.5 Å². The maximum atomic E-state index is 13.1. The number of H-pyrrole nitrogens is 1. The molecule has 2 aromatic rings. The third-order valence-electron chi connectivity index (χ3n) is 3.14. The van der Waals surface area contributed by atoms with Gasteiger partial charge in [-0.1, -0.05) is 0 Å². The summed E-state index contributed by atoms with van der Waals surface area (Å²) in [6, 6.07) is 2.74. The second-order valence-corrected chi connectivity index (χ2v) is 4.79. The number of nitrogens with one attached hydrogen (secondary N) is 2. The molecule has 0 aliphatic heterocycles. The first-order valence-corrected chi connectivity index (χ1v) is 6.27. The van der Waals surface area contributed by atoms with Crippen LogP contribution < -0.4 is 5.32 Å². The largest absolute Gasteiger partial charge is 0.354 e. The lowest BCUT2D eigenvalue weighted by Crippen LogP contribution is -2.14. The zero-order chi connectivity index (χ0) is 15.7. The normalized spacial score (nSPS) is 10.5. The number of carbonyl (C=O) groups is 2. The van der Waals surface area contributed by atoms with E-state index in [9.17, 15) is 18.4 Å². The fourth-order valence-electron chi connectivity index (χ4n) is 2.32. The molecule has 0 spiro atoms. The maximum absolute atomic E-state index is 13.1. The predicted octanol–water partition coefficient (Wildman–Crippen LogP) is 3.36. The number of halogens is 2. The van der Waals surface area contributed by atoms with E-state index in [1.54, 1.807) is 13.8 Å². The van der Waals surface area contributed by atoms with Gasteiger partial charge in [-0.3, -0.25) is 9.59 Å². The minimum Gasteiger partial charge on any atom is -0.354 e. The summed E-state index contributed by atoms with van der Waals surface area (Å²) in [4.78, 5) is 26.5. The third kappa shape index (κ3) is 2.99. The van der Waals surface area contributed by atoms with Gasteiger partial charge in [0.25, 0.3) is 5.91 Å². The van der Waals surface area contributed by atoms with Gasteiger partial charge in [-0.15, -0.1) is 0 Å². The van der Waals surface area contributed by atoms with Crippen molar-refractivity contribution in [3.05, 3.63) is 52.3 Å². The minimum atomic E-state index is -0.783. The summed E-state index contributed by atoms with van der Waals surface area (Å²) in [6.07, 6.45) is 0. The number of Topliss-reactive ketones (excluding diaryl/α,β-unsaturated/α-hetero) is 1. The zero-order valence-corrected chi connectivity index (χ0v) is 11.8. The summed E-state index contributed by atoms with van der Waals surface area (Å²) in [5, 5.41) is 2.40. The van der Waals surface area contributed by atoms with Gasteiger partial charge in [0.05, 0.1) is 0 Å². The number of rotatable bonds is 3. The van der Waals surface area contributed by atoms with Crippen molar-refractivity contribution in [1.29, 1.82) is 0 Å². The molecule has 1 aromatic heterocycles. The quantitative estimate of drug-likeness (QED) is 0.852. The summed E-state index contributed by atoms with van der Waals surface area (Å²) in [6.45, 7) is 4.73. The average molecular weight is 292 g/mol. The van der Waals surface area contributed by atoms with Gasteiger partial charge in [-0.05, 0) is 38.5 Å².